The molecule has 0 radical (unpaired) electrons. The van der Waals surface area contributed by atoms with Gasteiger partial charge in [0.2, 0.25) is 5.91 Å². The molecule has 0 unspecified atom stereocenters. The number of halogens is 1. The van der Waals surface area contributed by atoms with Crippen LogP contribution in [0.15, 0.2) is 66.9 Å². The van der Waals surface area contributed by atoms with E-state index in [9.17, 15) is 4.79 Å². The van der Waals surface area contributed by atoms with Gasteiger partial charge >= 0.3 is 0 Å². The summed E-state index contributed by atoms with van der Waals surface area (Å²) in [6.45, 7) is 10.9. The molecule has 206 valence electrons. The number of carbonyl (C=O) groups is 1. The van der Waals surface area contributed by atoms with Gasteiger partial charge in [0.15, 0.2) is 5.11 Å². The summed E-state index contributed by atoms with van der Waals surface area (Å²) in [5, 5.41) is 7.92. The highest BCUT2D eigenvalue weighted by Gasteiger charge is 2.42. The molecule has 2 aromatic carbocycles. The molecule has 6 nitrogen and oxygen atoms in total. The van der Waals surface area contributed by atoms with Gasteiger partial charge in [0, 0.05) is 52.5 Å². The second-order valence-electron chi connectivity index (χ2n) is 10.5. The first-order valence-electron chi connectivity index (χ1n) is 13.4. The highest BCUT2D eigenvalue weighted by Crippen LogP contribution is 2.43. The van der Waals surface area contributed by atoms with Gasteiger partial charge in [-0.2, -0.15) is 0 Å². The van der Waals surface area contributed by atoms with E-state index in [2.05, 4.69) is 51.9 Å². The summed E-state index contributed by atoms with van der Waals surface area (Å²) in [6, 6.07) is 19.6. The lowest BCUT2D eigenvalue weighted by Crippen LogP contribution is -2.33. The molecule has 8 heteroatoms. The number of benzene rings is 2. The Hall–Kier alpha value is -3.68. The molecule has 40 heavy (non-hydrogen) atoms. The van der Waals surface area contributed by atoms with E-state index in [0.29, 0.717) is 23.1 Å². The van der Waals surface area contributed by atoms with Gasteiger partial charge < -0.3 is 20.1 Å². The van der Waals surface area contributed by atoms with E-state index < -0.39 is 0 Å². The second-order valence-corrected chi connectivity index (χ2v) is 11.3. The molecule has 2 N–H and O–H groups in total. The summed E-state index contributed by atoms with van der Waals surface area (Å²) in [6.07, 6.45) is 2.10. The van der Waals surface area contributed by atoms with Gasteiger partial charge in [-0.05, 0) is 99.9 Å². The van der Waals surface area contributed by atoms with Crippen LogP contribution in [0.5, 0.6) is 0 Å². The van der Waals surface area contributed by atoms with Crippen LogP contribution in [-0.4, -0.2) is 32.0 Å². The Morgan fingerprint density at radius 2 is 1.82 bits per heavy atom. The highest BCUT2D eigenvalue weighted by molar-refractivity contribution is 7.80. The van der Waals surface area contributed by atoms with Gasteiger partial charge in [0.1, 0.15) is 0 Å². The van der Waals surface area contributed by atoms with Gasteiger partial charge in [-0.1, -0.05) is 35.9 Å². The van der Waals surface area contributed by atoms with E-state index in [4.69, 9.17) is 23.8 Å². The molecule has 1 amide bonds. The van der Waals surface area contributed by atoms with Crippen molar-refractivity contribution < 1.29 is 4.79 Å². The summed E-state index contributed by atoms with van der Waals surface area (Å²) >= 11 is 12.3. The number of anilines is 1. The van der Waals surface area contributed by atoms with Crippen molar-refractivity contribution in [3.8, 4) is 5.69 Å². The molecule has 1 saturated heterocycles. The molecule has 1 aliphatic rings. The lowest BCUT2D eigenvalue weighted by Gasteiger charge is -2.29. The van der Waals surface area contributed by atoms with Crippen molar-refractivity contribution in [3.63, 3.8) is 0 Å². The lowest BCUT2D eigenvalue weighted by atomic mass is 9.93. The standard InChI is InChI=1S/C32H34ClN5OS/c1-19-12-13-20(2)27(17-19)35-28(39)14-16-37-31(30(36-32(37)40)26-11-6-7-15-34-26)29-21(3)22(4)38(23(29)5)25-10-8-9-24(33)18-25/h6-13,15,17-18,30-31H,14,16H2,1-5H3,(H,35,39)(H,36,40)/t30-,31+/m1/s1. The summed E-state index contributed by atoms with van der Waals surface area (Å²) < 4.78 is 2.25. The summed E-state index contributed by atoms with van der Waals surface area (Å²) in [5.74, 6) is -0.0438. The molecule has 3 heterocycles. The maximum absolute atomic E-state index is 13.1. The minimum absolute atomic E-state index is 0.0438. The largest absolute Gasteiger partial charge is 0.352 e. The maximum atomic E-state index is 13.1. The van der Waals surface area contributed by atoms with Crippen LogP contribution >= 0.6 is 23.8 Å². The Morgan fingerprint density at radius 1 is 1.02 bits per heavy atom. The van der Waals surface area contributed by atoms with Gasteiger partial charge in [-0.3, -0.25) is 9.78 Å². The molecule has 5 rings (SSSR count). The molecular weight excluding hydrogens is 538 g/mol. The van der Waals surface area contributed by atoms with Gasteiger partial charge in [0.05, 0.1) is 17.8 Å². The summed E-state index contributed by atoms with van der Waals surface area (Å²) in [5.41, 5.74) is 9.51. The van der Waals surface area contributed by atoms with E-state index in [0.717, 1.165) is 39.6 Å². The predicted molar refractivity (Wildman–Crippen MR) is 166 cm³/mol. The molecule has 0 saturated carbocycles. The first-order chi connectivity index (χ1) is 19.2. The number of rotatable bonds is 7. The number of hydrogen-bond donors (Lipinski definition) is 2. The van der Waals surface area contributed by atoms with Crippen molar-refractivity contribution in [1.82, 2.24) is 19.8 Å². The normalized spacial score (nSPS) is 16.8. The fourth-order valence-corrected chi connectivity index (χ4v) is 6.23. The van der Waals surface area contributed by atoms with Crippen LogP contribution in [0.25, 0.3) is 5.69 Å². The van der Waals surface area contributed by atoms with Crippen molar-refractivity contribution in [3.05, 3.63) is 111 Å². The first-order valence-corrected chi connectivity index (χ1v) is 14.2. The minimum Gasteiger partial charge on any atom is -0.352 e. The Bertz CT molecular complexity index is 1580. The van der Waals surface area contributed by atoms with Crippen molar-refractivity contribution in [2.24, 2.45) is 0 Å². The molecule has 0 aliphatic carbocycles. The number of thiocarbonyl (C=S) groups is 1. The quantitative estimate of drug-likeness (QED) is 0.232. The van der Waals surface area contributed by atoms with Gasteiger partial charge in [-0.15, -0.1) is 0 Å². The number of aromatic nitrogens is 2. The number of hydrogen-bond acceptors (Lipinski definition) is 3. The summed E-state index contributed by atoms with van der Waals surface area (Å²) in [4.78, 5) is 19.9. The van der Waals surface area contributed by atoms with Crippen molar-refractivity contribution in [1.29, 1.82) is 0 Å². The molecule has 4 aromatic rings. The number of pyridine rings is 1. The Balaban J connectivity index is 1.51. The van der Waals surface area contributed by atoms with Gasteiger partial charge in [0.25, 0.3) is 0 Å². The van der Waals surface area contributed by atoms with Crippen molar-refractivity contribution in [2.45, 2.75) is 53.1 Å². The van der Waals surface area contributed by atoms with Gasteiger partial charge in [-0.25, -0.2) is 0 Å². The Labute approximate surface area is 246 Å². The SMILES string of the molecule is Cc1ccc(C)c(NC(=O)CCN2C(=S)N[C@H](c3ccccn3)[C@@H]2c2c(C)c(C)n(-c3cccc(Cl)c3)c2C)c1. The Kier molecular flexibility index (Phi) is 7.97. The van der Waals surface area contributed by atoms with E-state index in [1.165, 1.54) is 11.1 Å². The predicted octanol–water partition coefficient (Wildman–Crippen LogP) is 7.07. The average Bonchev–Trinajstić information content (AvgIpc) is 3.36. The zero-order valence-corrected chi connectivity index (χ0v) is 25.0. The second kappa shape index (κ2) is 11.4. The zero-order chi connectivity index (χ0) is 28.6. The average molecular weight is 572 g/mol. The Morgan fingerprint density at radius 3 is 2.55 bits per heavy atom. The van der Waals surface area contributed by atoms with Crippen LogP contribution < -0.4 is 10.6 Å². The fourth-order valence-electron chi connectivity index (χ4n) is 5.71. The molecule has 1 aliphatic heterocycles. The number of nitrogens with zero attached hydrogens (tertiary/aromatic N) is 3. The highest BCUT2D eigenvalue weighted by atomic mass is 35.5. The van der Waals surface area contributed by atoms with Crippen LogP contribution in [0, 0.1) is 34.6 Å². The summed E-state index contributed by atoms with van der Waals surface area (Å²) in [7, 11) is 0. The number of aryl methyl sites for hydroxylation is 2. The maximum Gasteiger partial charge on any atom is 0.226 e. The van der Waals surface area contributed by atoms with E-state index >= 15 is 0 Å². The molecule has 1 fully saturated rings. The molecular formula is C32H34ClN5OS. The van der Waals surface area contributed by atoms with Crippen LogP contribution in [0.2, 0.25) is 5.02 Å². The smallest absolute Gasteiger partial charge is 0.226 e. The third-order valence-corrected chi connectivity index (χ3v) is 8.40. The zero-order valence-electron chi connectivity index (χ0n) is 23.5. The fraction of sp³-hybridized carbons (Fsp3) is 0.281. The lowest BCUT2D eigenvalue weighted by molar-refractivity contribution is -0.116. The third kappa shape index (κ3) is 5.36. The molecule has 2 atom stereocenters. The van der Waals surface area contributed by atoms with Crippen LogP contribution in [0.1, 0.15) is 57.8 Å². The van der Waals surface area contributed by atoms with E-state index in [1.54, 1.807) is 6.20 Å². The third-order valence-electron chi connectivity index (χ3n) is 7.81. The number of amides is 1. The van der Waals surface area contributed by atoms with E-state index in [-0.39, 0.29) is 18.0 Å². The van der Waals surface area contributed by atoms with Crippen LogP contribution in [0.3, 0.4) is 0 Å². The van der Waals surface area contributed by atoms with E-state index in [1.807, 2.05) is 68.4 Å². The number of nitrogens with one attached hydrogen (secondary N) is 2. The monoisotopic (exact) mass is 571 g/mol. The molecule has 2 aromatic heterocycles. The number of carbonyl (C=O) groups excluding carboxylic acids is 1. The minimum atomic E-state index is -0.164. The van der Waals surface area contributed by atoms with Crippen molar-refractivity contribution in [2.75, 3.05) is 11.9 Å². The topological polar surface area (TPSA) is 62.2 Å². The first kappa shape index (κ1) is 27.9. The van der Waals surface area contributed by atoms with Crippen LogP contribution in [-0.2, 0) is 4.79 Å². The molecule has 0 bridgehead atoms. The van der Waals surface area contributed by atoms with Crippen molar-refractivity contribution >= 4 is 40.5 Å². The van der Waals surface area contributed by atoms with Crippen LogP contribution in [0.4, 0.5) is 5.69 Å². The molecule has 0 spiro atoms.